The molecule has 184 valence electrons. The van der Waals surface area contributed by atoms with E-state index in [2.05, 4.69) is 93.5 Å². The molecule has 2 aromatic rings. The summed E-state index contributed by atoms with van der Waals surface area (Å²) in [7, 11) is 0. The summed E-state index contributed by atoms with van der Waals surface area (Å²) in [4.78, 5) is 0. The molecule has 0 bridgehead atoms. The Morgan fingerprint density at radius 1 is 0.606 bits per heavy atom. The van der Waals surface area contributed by atoms with Crippen molar-refractivity contribution in [3.05, 3.63) is 58.7 Å². The van der Waals surface area contributed by atoms with Crippen LogP contribution in [0, 0.1) is 10.8 Å². The highest BCUT2D eigenvalue weighted by Gasteiger charge is 2.32. The fourth-order valence-corrected chi connectivity index (χ4v) is 5.30. The molecule has 0 radical (unpaired) electrons. The molecule has 0 aromatic heterocycles. The van der Waals surface area contributed by atoms with Crippen LogP contribution in [0.3, 0.4) is 0 Å². The molecule has 0 saturated heterocycles. The molecule has 0 spiro atoms. The Morgan fingerprint density at radius 3 is 1.21 bits per heavy atom. The Balaban J connectivity index is 2.61. The molecular weight excluding hydrogens is 404 g/mol. The Labute approximate surface area is 203 Å². The first kappa shape index (κ1) is 27.3. The second-order valence-electron chi connectivity index (χ2n) is 12.6. The second kappa shape index (κ2) is 10.1. The van der Waals surface area contributed by atoms with E-state index in [0.717, 1.165) is 36.8 Å². The van der Waals surface area contributed by atoms with Gasteiger partial charge in [-0.15, -0.1) is 0 Å². The van der Waals surface area contributed by atoms with E-state index in [4.69, 9.17) is 0 Å². The molecule has 2 unspecified atom stereocenters. The van der Waals surface area contributed by atoms with Crippen molar-refractivity contribution in [1.82, 2.24) is 0 Å². The zero-order valence-electron chi connectivity index (χ0n) is 22.8. The van der Waals surface area contributed by atoms with Crippen LogP contribution in [0.2, 0.25) is 0 Å². The average Bonchev–Trinajstić information content (AvgIpc) is 2.69. The van der Waals surface area contributed by atoms with E-state index >= 15 is 0 Å². The van der Waals surface area contributed by atoms with Gasteiger partial charge in [-0.3, -0.25) is 0 Å². The van der Waals surface area contributed by atoms with Crippen molar-refractivity contribution in [3.63, 3.8) is 0 Å². The Morgan fingerprint density at radius 2 is 0.939 bits per heavy atom. The fraction of sp³-hybridized carbons (Fsp3) is 0.613. The second-order valence-corrected chi connectivity index (χ2v) is 12.6. The van der Waals surface area contributed by atoms with Crippen molar-refractivity contribution in [2.24, 2.45) is 10.8 Å². The summed E-state index contributed by atoms with van der Waals surface area (Å²) >= 11 is 0. The van der Waals surface area contributed by atoms with Crippen LogP contribution in [-0.4, -0.2) is 10.2 Å². The topological polar surface area (TPSA) is 40.5 Å². The van der Waals surface area contributed by atoms with Crippen LogP contribution in [0.15, 0.2) is 36.4 Å². The van der Waals surface area contributed by atoms with Gasteiger partial charge in [0.15, 0.2) is 0 Å². The van der Waals surface area contributed by atoms with Crippen molar-refractivity contribution in [2.75, 3.05) is 0 Å². The number of hydrogen-bond acceptors (Lipinski definition) is 2. The molecule has 2 atom stereocenters. The maximum atomic E-state index is 10.8. The lowest BCUT2D eigenvalue weighted by atomic mass is 9.70. The molecule has 0 heterocycles. The van der Waals surface area contributed by atoms with Crippen LogP contribution >= 0.6 is 0 Å². The maximum absolute atomic E-state index is 10.8. The molecule has 0 aliphatic rings. The third kappa shape index (κ3) is 6.14. The smallest absolute Gasteiger partial charge is 0.119 e. The van der Waals surface area contributed by atoms with E-state index in [1.165, 1.54) is 11.1 Å². The van der Waals surface area contributed by atoms with Gasteiger partial charge in [0, 0.05) is 5.41 Å². The average molecular weight is 453 g/mol. The summed E-state index contributed by atoms with van der Waals surface area (Å²) in [5, 5.41) is 21.6. The SMILES string of the molecule is CCCC(c1cc(C(C)(C)c2ccc(O)c(C(CCC)C(C)(C)C)c2)ccc1O)C(C)(C)C. The summed E-state index contributed by atoms with van der Waals surface area (Å²) in [5.41, 5.74) is 4.37. The molecule has 0 fully saturated rings. The lowest BCUT2D eigenvalue weighted by Crippen LogP contribution is -2.23. The predicted octanol–water partition coefficient (Wildman–Crippen LogP) is 9.28. The lowest BCUT2D eigenvalue weighted by Gasteiger charge is -2.35. The molecule has 33 heavy (non-hydrogen) atoms. The molecule has 0 amide bonds. The van der Waals surface area contributed by atoms with Gasteiger partial charge in [-0.2, -0.15) is 0 Å². The zero-order valence-corrected chi connectivity index (χ0v) is 22.8. The van der Waals surface area contributed by atoms with Gasteiger partial charge < -0.3 is 10.2 Å². The minimum atomic E-state index is -0.256. The van der Waals surface area contributed by atoms with E-state index < -0.39 is 0 Å². The highest BCUT2D eigenvalue weighted by molar-refractivity contribution is 5.49. The van der Waals surface area contributed by atoms with Gasteiger partial charge >= 0.3 is 0 Å². The highest BCUT2D eigenvalue weighted by Crippen LogP contribution is 2.46. The first-order valence-electron chi connectivity index (χ1n) is 12.8. The molecule has 2 rings (SSSR count). The van der Waals surface area contributed by atoms with Crippen molar-refractivity contribution in [2.45, 2.75) is 112 Å². The number of phenolic OH excluding ortho intramolecular Hbond substituents is 2. The summed E-state index contributed by atoms with van der Waals surface area (Å²) < 4.78 is 0. The van der Waals surface area contributed by atoms with E-state index in [1.54, 1.807) is 0 Å². The quantitative estimate of drug-likeness (QED) is 0.419. The number of phenols is 2. The van der Waals surface area contributed by atoms with E-state index in [9.17, 15) is 10.2 Å². The molecule has 2 nitrogen and oxygen atoms in total. The summed E-state index contributed by atoms with van der Waals surface area (Å²) in [6.07, 6.45) is 4.27. The monoisotopic (exact) mass is 452 g/mol. The molecule has 2 heteroatoms. The van der Waals surface area contributed by atoms with E-state index in [0.29, 0.717) is 23.3 Å². The minimum absolute atomic E-state index is 0.0715. The Hall–Kier alpha value is -1.96. The van der Waals surface area contributed by atoms with Crippen LogP contribution in [0.25, 0.3) is 0 Å². The number of hydrogen-bond donors (Lipinski definition) is 2. The molecule has 0 saturated carbocycles. The van der Waals surface area contributed by atoms with Crippen LogP contribution in [-0.2, 0) is 5.41 Å². The van der Waals surface area contributed by atoms with Crippen LogP contribution in [0.4, 0.5) is 0 Å². The van der Waals surface area contributed by atoms with Gasteiger partial charge in [0.1, 0.15) is 11.5 Å². The normalized spacial score (nSPS) is 14.8. The van der Waals surface area contributed by atoms with Crippen LogP contribution < -0.4 is 0 Å². The summed E-state index contributed by atoms with van der Waals surface area (Å²) in [5.74, 6) is 1.38. The lowest BCUT2D eigenvalue weighted by molar-refractivity contribution is 0.294. The third-order valence-electron chi connectivity index (χ3n) is 7.49. The Kier molecular flexibility index (Phi) is 8.37. The maximum Gasteiger partial charge on any atom is 0.119 e. The van der Waals surface area contributed by atoms with Gasteiger partial charge in [0.25, 0.3) is 0 Å². The zero-order chi connectivity index (χ0) is 25.2. The van der Waals surface area contributed by atoms with Crippen molar-refractivity contribution in [3.8, 4) is 11.5 Å². The van der Waals surface area contributed by atoms with Gasteiger partial charge in [-0.1, -0.05) is 106 Å². The highest BCUT2D eigenvalue weighted by atomic mass is 16.3. The number of benzene rings is 2. The molecule has 2 aromatic carbocycles. The fourth-order valence-electron chi connectivity index (χ4n) is 5.30. The van der Waals surface area contributed by atoms with Gasteiger partial charge in [-0.05, 0) is 69.9 Å². The first-order chi connectivity index (χ1) is 15.1. The molecule has 0 aliphatic carbocycles. The molecule has 0 aliphatic heterocycles. The van der Waals surface area contributed by atoms with E-state index in [-0.39, 0.29) is 16.2 Å². The third-order valence-corrected chi connectivity index (χ3v) is 7.49. The molecular formula is C31H48O2. The minimum Gasteiger partial charge on any atom is -0.508 e. The van der Waals surface area contributed by atoms with Crippen molar-refractivity contribution in [1.29, 1.82) is 0 Å². The standard InChI is InChI=1S/C31H48O2/c1-11-13-25(29(3,4)5)23-19-21(15-17-27(23)32)31(9,10)22-16-18-28(33)24(20-22)26(14-12-2)30(6,7)8/h15-20,25-26,32-33H,11-14H2,1-10H3. The Bertz CT molecular complexity index is 849. The van der Waals surface area contributed by atoms with E-state index in [1.807, 2.05) is 12.1 Å². The van der Waals surface area contributed by atoms with Gasteiger partial charge in [0.2, 0.25) is 0 Å². The predicted molar refractivity (Wildman–Crippen MR) is 143 cm³/mol. The van der Waals surface area contributed by atoms with Gasteiger partial charge in [-0.25, -0.2) is 0 Å². The van der Waals surface area contributed by atoms with Crippen molar-refractivity contribution < 1.29 is 10.2 Å². The van der Waals surface area contributed by atoms with Gasteiger partial charge in [0.05, 0.1) is 0 Å². The first-order valence-corrected chi connectivity index (χ1v) is 12.8. The van der Waals surface area contributed by atoms with Crippen LogP contribution in [0.5, 0.6) is 11.5 Å². The molecule has 2 N–H and O–H groups in total. The number of rotatable bonds is 8. The number of aromatic hydroxyl groups is 2. The summed E-state index contributed by atoms with van der Waals surface area (Å²) in [6, 6.07) is 12.3. The van der Waals surface area contributed by atoms with Crippen molar-refractivity contribution >= 4 is 0 Å². The summed E-state index contributed by atoms with van der Waals surface area (Å²) in [6.45, 7) is 22.5. The van der Waals surface area contributed by atoms with Crippen LogP contribution in [0.1, 0.15) is 129 Å². The largest absolute Gasteiger partial charge is 0.508 e.